The molecule has 1 saturated carbocycles. The van der Waals surface area contributed by atoms with Crippen LogP contribution in [0.25, 0.3) is 11.0 Å². The molecule has 0 unspecified atom stereocenters. The molecule has 1 fully saturated rings. The van der Waals surface area contributed by atoms with E-state index < -0.39 is 5.91 Å². The molecule has 2 aromatic heterocycles. The zero-order chi connectivity index (χ0) is 16.3. The van der Waals surface area contributed by atoms with Crippen LogP contribution in [-0.4, -0.2) is 28.0 Å². The van der Waals surface area contributed by atoms with Crippen molar-refractivity contribution in [3.05, 3.63) is 48.2 Å². The predicted octanol–water partition coefficient (Wildman–Crippen LogP) is 2.72. The fraction of sp³-hybridized carbons (Fsp3) is 0.222. The highest BCUT2D eigenvalue weighted by atomic mass is 16.5. The number of carbonyl (C=O) groups is 1. The lowest BCUT2D eigenvalue weighted by atomic mass is 10.1. The molecule has 0 atom stereocenters. The average Bonchev–Trinajstić information content (AvgIpc) is 3.20. The van der Waals surface area contributed by atoms with Gasteiger partial charge in [-0.1, -0.05) is 12.1 Å². The number of aromatic amines is 1. The number of H-pyrrole nitrogens is 1. The third-order valence-electron chi connectivity index (χ3n) is 4.91. The number of hydrogen-bond donors (Lipinski definition) is 2. The van der Waals surface area contributed by atoms with Crippen molar-refractivity contribution in [1.82, 2.24) is 9.97 Å². The smallest absolute Gasteiger partial charge is 0.250 e. The number of para-hydroxylation sites is 1. The van der Waals surface area contributed by atoms with Gasteiger partial charge in [-0.2, -0.15) is 4.98 Å². The molecule has 0 bridgehead atoms. The summed E-state index contributed by atoms with van der Waals surface area (Å²) in [6.45, 7) is 0.562. The molecule has 1 aromatic carbocycles. The number of primary amides is 1. The number of nitrogens with one attached hydrogen (secondary N) is 1. The predicted molar refractivity (Wildman–Crippen MR) is 90.7 cm³/mol. The summed E-state index contributed by atoms with van der Waals surface area (Å²) in [5, 5.41) is 1.01. The lowest BCUT2D eigenvalue weighted by Crippen LogP contribution is -2.43. The van der Waals surface area contributed by atoms with Crippen molar-refractivity contribution in [2.75, 3.05) is 11.5 Å². The molecule has 1 aliphatic carbocycles. The first kappa shape index (κ1) is 13.4. The number of nitrogens with zero attached hydrogens (tertiary/aromatic N) is 2. The van der Waals surface area contributed by atoms with Crippen molar-refractivity contribution in [3.8, 4) is 5.88 Å². The van der Waals surface area contributed by atoms with E-state index in [-0.39, 0.29) is 5.54 Å². The number of hydrogen-bond acceptors (Lipinski definition) is 4. The second kappa shape index (κ2) is 4.50. The highest BCUT2D eigenvalue weighted by molar-refractivity contribution is 6.00. The zero-order valence-corrected chi connectivity index (χ0v) is 13.0. The van der Waals surface area contributed by atoms with E-state index in [0.717, 1.165) is 35.2 Å². The first-order chi connectivity index (χ1) is 11.7. The number of amides is 1. The normalized spacial score (nSPS) is 17.6. The highest BCUT2D eigenvalue weighted by Gasteiger charge is 2.53. The summed E-state index contributed by atoms with van der Waals surface area (Å²) < 4.78 is 5.94. The third kappa shape index (κ3) is 1.76. The first-order valence-electron chi connectivity index (χ1n) is 7.98. The molecule has 24 heavy (non-hydrogen) atoms. The van der Waals surface area contributed by atoms with Crippen LogP contribution >= 0.6 is 0 Å². The first-order valence-corrected chi connectivity index (χ1v) is 7.98. The van der Waals surface area contributed by atoms with Gasteiger partial charge in [0.25, 0.3) is 5.91 Å². The Kier molecular flexibility index (Phi) is 2.52. The van der Waals surface area contributed by atoms with Crippen molar-refractivity contribution in [1.29, 1.82) is 0 Å². The van der Waals surface area contributed by atoms with E-state index in [0.29, 0.717) is 18.1 Å². The standard InChI is InChI=1S/C18H16N4O2/c19-15(23)12-3-1-2-4-13(12)22-14-9-11-5-8-20-16(11)21-17(14)24-10-18(22)6-7-18/h1-5,8-9H,6-7,10H2,(H2,19,23)(H,20,21). The molecule has 2 aliphatic rings. The summed E-state index contributed by atoms with van der Waals surface area (Å²) in [6, 6.07) is 11.5. The Labute approximate surface area is 138 Å². The minimum absolute atomic E-state index is 0.107. The Balaban J connectivity index is 1.77. The molecule has 1 aliphatic heterocycles. The number of aromatic nitrogens is 2. The molecule has 1 spiro atoms. The summed E-state index contributed by atoms with van der Waals surface area (Å²) >= 11 is 0. The van der Waals surface area contributed by atoms with Crippen LogP contribution in [0, 0.1) is 0 Å². The molecule has 5 rings (SSSR count). The Hall–Kier alpha value is -3.02. The number of carbonyl (C=O) groups excluding carboxylic acids is 1. The van der Waals surface area contributed by atoms with Gasteiger partial charge in [0.05, 0.1) is 16.8 Å². The number of rotatable bonds is 2. The fourth-order valence-corrected chi connectivity index (χ4v) is 3.52. The topological polar surface area (TPSA) is 84.2 Å². The van der Waals surface area contributed by atoms with Gasteiger partial charge in [0.15, 0.2) is 0 Å². The van der Waals surface area contributed by atoms with Crippen molar-refractivity contribution in [2.45, 2.75) is 18.4 Å². The maximum atomic E-state index is 11.9. The van der Waals surface area contributed by atoms with Gasteiger partial charge in [0, 0.05) is 11.6 Å². The van der Waals surface area contributed by atoms with Crippen LogP contribution in [0.1, 0.15) is 23.2 Å². The monoisotopic (exact) mass is 320 g/mol. The quantitative estimate of drug-likeness (QED) is 0.760. The molecular weight excluding hydrogens is 304 g/mol. The van der Waals surface area contributed by atoms with Crippen LogP contribution in [0.15, 0.2) is 42.6 Å². The molecule has 6 nitrogen and oxygen atoms in total. The molecule has 1 amide bonds. The van der Waals surface area contributed by atoms with E-state index in [9.17, 15) is 4.79 Å². The minimum atomic E-state index is -0.426. The number of benzene rings is 1. The van der Waals surface area contributed by atoms with Gasteiger partial charge >= 0.3 is 0 Å². The van der Waals surface area contributed by atoms with E-state index in [4.69, 9.17) is 10.5 Å². The summed E-state index contributed by atoms with van der Waals surface area (Å²) in [7, 11) is 0. The highest BCUT2D eigenvalue weighted by Crippen LogP contribution is 2.54. The van der Waals surface area contributed by atoms with E-state index in [1.54, 1.807) is 6.07 Å². The summed E-state index contributed by atoms with van der Waals surface area (Å²) in [6.07, 6.45) is 3.90. The minimum Gasteiger partial charge on any atom is -0.474 e. The second-order valence-electron chi connectivity index (χ2n) is 6.46. The van der Waals surface area contributed by atoms with Crippen LogP contribution in [0.5, 0.6) is 5.88 Å². The number of ether oxygens (including phenoxy) is 1. The Morgan fingerprint density at radius 1 is 1.25 bits per heavy atom. The van der Waals surface area contributed by atoms with Gasteiger partial charge in [-0.05, 0) is 37.1 Å². The number of fused-ring (bicyclic) bond motifs is 2. The molecule has 120 valence electrons. The lowest BCUT2D eigenvalue weighted by Gasteiger charge is -2.39. The van der Waals surface area contributed by atoms with Crippen molar-refractivity contribution in [2.24, 2.45) is 5.73 Å². The Morgan fingerprint density at radius 3 is 2.88 bits per heavy atom. The Morgan fingerprint density at radius 2 is 2.08 bits per heavy atom. The van der Waals surface area contributed by atoms with Gasteiger partial charge < -0.3 is 20.4 Å². The number of anilines is 2. The van der Waals surface area contributed by atoms with Gasteiger partial charge in [0.1, 0.15) is 17.9 Å². The summed E-state index contributed by atoms with van der Waals surface area (Å²) in [4.78, 5) is 21.8. The molecule has 6 heteroatoms. The van der Waals surface area contributed by atoms with E-state index >= 15 is 0 Å². The van der Waals surface area contributed by atoms with Gasteiger partial charge in [0.2, 0.25) is 5.88 Å². The van der Waals surface area contributed by atoms with Crippen LogP contribution in [0.3, 0.4) is 0 Å². The second-order valence-corrected chi connectivity index (χ2v) is 6.46. The maximum absolute atomic E-state index is 11.9. The fourth-order valence-electron chi connectivity index (χ4n) is 3.52. The van der Waals surface area contributed by atoms with Crippen molar-refractivity contribution < 1.29 is 9.53 Å². The molecule has 0 radical (unpaired) electrons. The summed E-state index contributed by atoms with van der Waals surface area (Å²) in [5.41, 5.74) is 8.53. The van der Waals surface area contributed by atoms with Crippen LogP contribution in [0.4, 0.5) is 11.4 Å². The van der Waals surface area contributed by atoms with Gasteiger partial charge in [-0.25, -0.2) is 0 Å². The van der Waals surface area contributed by atoms with Crippen molar-refractivity contribution in [3.63, 3.8) is 0 Å². The molecule has 3 heterocycles. The van der Waals surface area contributed by atoms with Gasteiger partial charge in [-0.3, -0.25) is 4.79 Å². The third-order valence-corrected chi connectivity index (χ3v) is 4.91. The van der Waals surface area contributed by atoms with Crippen LogP contribution in [-0.2, 0) is 0 Å². The SMILES string of the molecule is NC(=O)c1ccccc1N1c2cc3cc[nH]c3nc2OCC12CC2. The molecule has 3 aromatic rings. The average molecular weight is 320 g/mol. The molecule has 3 N–H and O–H groups in total. The van der Waals surface area contributed by atoms with E-state index in [1.807, 2.05) is 30.5 Å². The lowest BCUT2D eigenvalue weighted by molar-refractivity contribution is 0.100. The van der Waals surface area contributed by atoms with Gasteiger partial charge in [-0.15, -0.1) is 0 Å². The van der Waals surface area contributed by atoms with Crippen molar-refractivity contribution >= 4 is 28.3 Å². The van der Waals surface area contributed by atoms with Crippen LogP contribution < -0.4 is 15.4 Å². The molecular formula is C18H16N4O2. The maximum Gasteiger partial charge on any atom is 0.250 e. The number of pyridine rings is 1. The Bertz CT molecular complexity index is 974. The van der Waals surface area contributed by atoms with E-state index in [1.165, 1.54) is 0 Å². The summed E-state index contributed by atoms with van der Waals surface area (Å²) in [5.74, 6) is 0.159. The largest absolute Gasteiger partial charge is 0.474 e. The molecule has 0 saturated heterocycles. The van der Waals surface area contributed by atoms with E-state index in [2.05, 4.69) is 20.9 Å². The van der Waals surface area contributed by atoms with Crippen LogP contribution in [0.2, 0.25) is 0 Å². The number of nitrogens with two attached hydrogens (primary N) is 1. The zero-order valence-electron chi connectivity index (χ0n) is 13.0.